The Morgan fingerprint density at radius 1 is 0.636 bits per heavy atom. The Hall–Kier alpha value is -4.82. The standard InChI is InChI=1S/C36H26BrF3N2O2/c37-28-19-27(36(38,39)40)20-29(21-28)42-22-32(30-15-7-9-17-33(30)43-23-25-11-3-1-4-12-25)41-35(42)31-16-8-10-18-34(31)44-24-26-13-5-2-6-14-26/h1-22H,23-24H2. The van der Waals surface area contributed by atoms with Crippen LogP contribution in [0.2, 0.25) is 0 Å². The van der Waals surface area contributed by atoms with Crippen molar-refractivity contribution >= 4 is 15.9 Å². The summed E-state index contributed by atoms with van der Waals surface area (Å²) in [5.41, 5.74) is 3.38. The van der Waals surface area contributed by atoms with Gasteiger partial charge in [-0.05, 0) is 53.6 Å². The lowest BCUT2D eigenvalue weighted by Crippen LogP contribution is -2.07. The van der Waals surface area contributed by atoms with Gasteiger partial charge in [-0.1, -0.05) is 101 Å². The van der Waals surface area contributed by atoms with Crippen molar-refractivity contribution in [2.45, 2.75) is 19.4 Å². The maximum Gasteiger partial charge on any atom is 0.416 e. The van der Waals surface area contributed by atoms with Crippen LogP contribution >= 0.6 is 15.9 Å². The molecule has 220 valence electrons. The highest BCUT2D eigenvalue weighted by Gasteiger charge is 2.31. The topological polar surface area (TPSA) is 36.3 Å². The molecule has 0 saturated carbocycles. The molecule has 4 nitrogen and oxygen atoms in total. The summed E-state index contributed by atoms with van der Waals surface area (Å²) in [5.74, 6) is 1.58. The van der Waals surface area contributed by atoms with Gasteiger partial charge in [-0.15, -0.1) is 0 Å². The fourth-order valence-electron chi connectivity index (χ4n) is 4.83. The number of halogens is 4. The Bertz CT molecular complexity index is 1870. The van der Waals surface area contributed by atoms with Gasteiger partial charge in [0.05, 0.1) is 16.8 Å². The number of hydrogen-bond donors (Lipinski definition) is 0. The number of imidazole rings is 1. The fraction of sp³-hybridized carbons (Fsp3) is 0.0833. The summed E-state index contributed by atoms with van der Waals surface area (Å²) in [6, 6.07) is 38.2. The van der Waals surface area contributed by atoms with E-state index in [9.17, 15) is 13.2 Å². The van der Waals surface area contributed by atoms with Gasteiger partial charge in [-0.2, -0.15) is 13.2 Å². The second-order valence-corrected chi connectivity index (χ2v) is 11.0. The van der Waals surface area contributed by atoms with Gasteiger partial charge < -0.3 is 9.47 Å². The number of nitrogens with zero attached hydrogens (tertiary/aromatic N) is 2. The van der Waals surface area contributed by atoms with Crippen molar-refractivity contribution in [2.24, 2.45) is 0 Å². The minimum atomic E-state index is -4.53. The number of alkyl halides is 3. The molecule has 1 heterocycles. The highest BCUT2D eigenvalue weighted by Crippen LogP contribution is 2.39. The van der Waals surface area contributed by atoms with Crippen LogP contribution in [0.5, 0.6) is 11.5 Å². The van der Waals surface area contributed by atoms with Crippen molar-refractivity contribution < 1.29 is 22.6 Å². The van der Waals surface area contributed by atoms with Crippen molar-refractivity contribution in [3.05, 3.63) is 155 Å². The van der Waals surface area contributed by atoms with Crippen LogP contribution in [0.3, 0.4) is 0 Å². The van der Waals surface area contributed by atoms with Crippen LogP contribution in [0.25, 0.3) is 28.3 Å². The maximum atomic E-state index is 13.9. The summed E-state index contributed by atoms with van der Waals surface area (Å²) >= 11 is 3.28. The van der Waals surface area contributed by atoms with Gasteiger partial charge in [-0.25, -0.2) is 4.98 Å². The van der Waals surface area contributed by atoms with Crippen LogP contribution in [0, 0.1) is 0 Å². The van der Waals surface area contributed by atoms with Crippen molar-refractivity contribution in [3.8, 4) is 39.8 Å². The third kappa shape index (κ3) is 6.71. The summed E-state index contributed by atoms with van der Waals surface area (Å²) in [7, 11) is 0. The van der Waals surface area contributed by atoms with Gasteiger partial charge in [0.25, 0.3) is 0 Å². The van der Waals surface area contributed by atoms with Gasteiger partial charge in [-0.3, -0.25) is 4.57 Å². The molecule has 0 radical (unpaired) electrons. The van der Waals surface area contributed by atoms with E-state index in [1.165, 1.54) is 0 Å². The minimum absolute atomic E-state index is 0.293. The van der Waals surface area contributed by atoms with Crippen LogP contribution in [-0.4, -0.2) is 9.55 Å². The number of aromatic nitrogens is 2. The molecule has 6 rings (SSSR count). The second-order valence-electron chi connectivity index (χ2n) is 10.1. The van der Waals surface area contributed by atoms with Crippen molar-refractivity contribution in [1.82, 2.24) is 9.55 Å². The van der Waals surface area contributed by atoms with Crippen LogP contribution in [0.1, 0.15) is 16.7 Å². The molecule has 0 N–H and O–H groups in total. The number of rotatable bonds is 9. The molecule has 0 bridgehead atoms. The number of hydrogen-bond acceptors (Lipinski definition) is 3. The Balaban J connectivity index is 1.46. The average Bonchev–Trinajstić information content (AvgIpc) is 3.49. The number of ether oxygens (including phenoxy) is 2. The summed E-state index contributed by atoms with van der Waals surface area (Å²) in [4.78, 5) is 4.99. The third-order valence-corrected chi connectivity index (χ3v) is 7.42. The minimum Gasteiger partial charge on any atom is -0.488 e. The molecule has 0 amide bonds. The molecule has 0 aliphatic carbocycles. The molecule has 0 spiro atoms. The molecule has 6 aromatic rings. The molecular weight excluding hydrogens is 629 g/mol. The molecule has 0 unspecified atom stereocenters. The van der Waals surface area contributed by atoms with E-state index >= 15 is 0 Å². The van der Waals surface area contributed by atoms with E-state index in [0.717, 1.165) is 23.3 Å². The van der Waals surface area contributed by atoms with Crippen molar-refractivity contribution in [3.63, 3.8) is 0 Å². The Kier molecular flexibility index (Phi) is 8.52. The van der Waals surface area contributed by atoms with E-state index < -0.39 is 11.7 Å². The average molecular weight is 656 g/mol. The van der Waals surface area contributed by atoms with Crippen molar-refractivity contribution in [1.29, 1.82) is 0 Å². The number of para-hydroxylation sites is 2. The molecular formula is C36H26BrF3N2O2. The Labute approximate surface area is 261 Å². The summed E-state index contributed by atoms with van der Waals surface area (Å²) < 4.78 is 56.0. The molecule has 0 aliphatic rings. The molecule has 0 fully saturated rings. The predicted octanol–water partition coefficient (Wildman–Crippen LogP) is 10.1. The van der Waals surface area contributed by atoms with E-state index in [4.69, 9.17) is 14.5 Å². The van der Waals surface area contributed by atoms with Gasteiger partial charge in [0.15, 0.2) is 0 Å². The number of benzene rings is 5. The molecule has 8 heteroatoms. The molecule has 1 aromatic heterocycles. The zero-order valence-electron chi connectivity index (χ0n) is 23.3. The normalized spacial score (nSPS) is 11.4. The first-order chi connectivity index (χ1) is 21.3. The third-order valence-electron chi connectivity index (χ3n) is 6.96. The zero-order valence-corrected chi connectivity index (χ0v) is 24.9. The van der Waals surface area contributed by atoms with E-state index in [0.29, 0.717) is 57.5 Å². The largest absolute Gasteiger partial charge is 0.488 e. The molecule has 0 aliphatic heterocycles. The lowest BCUT2D eigenvalue weighted by molar-refractivity contribution is -0.137. The van der Waals surface area contributed by atoms with Gasteiger partial charge in [0, 0.05) is 21.9 Å². The lowest BCUT2D eigenvalue weighted by atomic mass is 10.1. The maximum absolute atomic E-state index is 13.9. The van der Waals surface area contributed by atoms with Crippen LogP contribution < -0.4 is 9.47 Å². The van der Waals surface area contributed by atoms with Gasteiger partial charge >= 0.3 is 6.18 Å². The predicted molar refractivity (Wildman–Crippen MR) is 169 cm³/mol. The van der Waals surface area contributed by atoms with E-state index in [2.05, 4.69) is 15.9 Å². The SMILES string of the molecule is FC(F)(F)c1cc(Br)cc(-n2cc(-c3ccccc3OCc3ccccc3)nc2-c2ccccc2OCc2ccccc2)c1. The van der Waals surface area contributed by atoms with Crippen molar-refractivity contribution in [2.75, 3.05) is 0 Å². The van der Waals surface area contributed by atoms with E-state index in [-0.39, 0.29) is 0 Å². The lowest BCUT2D eigenvalue weighted by Gasteiger charge is -2.15. The smallest absolute Gasteiger partial charge is 0.416 e. The first-order valence-corrected chi connectivity index (χ1v) is 14.6. The quantitative estimate of drug-likeness (QED) is 0.156. The van der Waals surface area contributed by atoms with Gasteiger partial charge in [0.1, 0.15) is 30.5 Å². The van der Waals surface area contributed by atoms with Crippen LogP contribution in [-0.2, 0) is 19.4 Å². The molecule has 44 heavy (non-hydrogen) atoms. The highest BCUT2D eigenvalue weighted by atomic mass is 79.9. The first kappa shape index (κ1) is 29.3. The highest BCUT2D eigenvalue weighted by molar-refractivity contribution is 9.10. The summed E-state index contributed by atoms with van der Waals surface area (Å²) in [5, 5.41) is 0. The van der Waals surface area contributed by atoms with Crippen LogP contribution in [0.15, 0.2) is 138 Å². The van der Waals surface area contributed by atoms with E-state index in [1.54, 1.807) is 16.8 Å². The van der Waals surface area contributed by atoms with E-state index in [1.807, 2.05) is 109 Å². The molecule has 5 aromatic carbocycles. The fourth-order valence-corrected chi connectivity index (χ4v) is 5.31. The summed E-state index contributed by atoms with van der Waals surface area (Å²) in [6.45, 7) is 0.666. The second kappa shape index (κ2) is 12.8. The Morgan fingerprint density at radius 2 is 1.16 bits per heavy atom. The first-order valence-electron chi connectivity index (χ1n) is 13.8. The van der Waals surface area contributed by atoms with Crippen LogP contribution in [0.4, 0.5) is 13.2 Å². The summed E-state index contributed by atoms with van der Waals surface area (Å²) in [6.07, 6.45) is -2.80. The van der Waals surface area contributed by atoms with Gasteiger partial charge in [0.2, 0.25) is 0 Å². The monoisotopic (exact) mass is 654 g/mol. The Morgan fingerprint density at radius 3 is 1.75 bits per heavy atom. The molecule has 0 atom stereocenters. The zero-order chi connectivity index (χ0) is 30.5. The molecule has 0 saturated heterocycles.